The quantitative estimate of drug-likeness (QED) is 0.373. The molecule has 2 aromatic heterocycles. The molecule has 3 heterocycles. The number of benzene rings is 2. The summed E-state index contributed by atoms with van der Waals surface area (Å²) in [6.07, 6.45) is -3.23. The summed E-state index contributed by atoms with van der Waals surface area (Å²) in [7, 11) is 1.59. The van der Waals surface area contributed by atoms with Crippen molar-refractivity contribution in [3.8, 4) is 0 Å². The summed E-state index contributed by atoms with van der Waals surface area (Å²) in [5.41, 5.74) is 0.973. The highest BCUT2D eigenvalue weighted by Crippen LogP contribution is 2.42. The number of anilines is 1. The van der Waals surface area contributed by atoms with Gasteiger partial charge in [0.25, 0.3) is 0 Å². The fourth-order valence-electron chi connectivity index (χ4n) is 4.21. The zero-order chi connectivity index (χ0) is 24.7. The third kappa shape index (κ3) is 4.23. The second-order valence-corrected chi connectivity index (χ2v) is 8.08. The third-order valence-corrected chi connectivity index (χ3v) is 5.84. The number of alkyl halides is 3. The lowest BCUT2D eigenvalue weighted by Crippen LogP contribution is -2.37. The fourth-order valence-corrected chi connectivity index (χ4v) is 4.21. The third-order valence-electron chi connectivity index (χ3n) is 5.84. The molecule has 0 saturated carbocycles. The molecule has 35 heavy (non-hydrogen) atoms. The summed E-state index contributed by atoms with van der Waals surface area (Å²) in [4.78, 5) is 8.19. The molecular weight excluding hydrogens is 467 g/mol. The van der Waals surface area contributed by atoms with Gasteiger partial charge in [-0.15, -0.1) is 0 Å². The van der Waals surface area contributed by atoms with Crippen LogP contribution in [0, 0.1) is 11.6 Å². The van der Waals surface area contributed by atoms with E-state index in [9.17, 15) is 22.0 Å². The molecule has 0 spiro atoms. The van der Waals surface area contributed by atoms with Gasteiger partial charge in [0, 0.05) is 24.4 Å². The Morgan fingerprint density at radius 3 is 2.29 bits per heavy atom. The van der Waals surface area contributed by atoms with Gasteiger partial charge in [-0.05, 0) is 23.8 Å². The molecule has 1 atom stereocenters. The highest BCUT2D eigenvalue weighted by molar-refractivity contribution is 5.54. The van der Waals surface area contributed by atoms with Crippen molar-refractivity contribution in [3.63, 3.8) is 0 Å². The van der Waals surface area contributed by atoms with E-state index < -0.39 is 29.7 Å². The first-order valence-corrected chi connectivity index (χ1v) is 10.7. The van der Waals surface area contributed by atoms with Crippen molar-refractivity contribution in [2.24, 2.45) is 0 Å². The predicted octanol–water partition coefficient (Wildman–Crippen LogP) is 4.97. The number of rotatable bonds is 5. The summed E-state index contributed by atoms with van der Waals surface area (Å²) in [5.74, 6) is -2.33. The van der Waals surface area contributed by atoms with Crippen LogP contribution in [0.5, 0.6) is 0 Å². The van der Waals surface area contributed by atoms with Gasteiger partial charge in [0.15, 0.2) is 5.82 Å². The topological polar surface area (TPSA) is 50.1 Å². The maximum atomic E-state index is 14.4. The van der Waals surface area contributed by atoms with E-state index >= 15 is 0 Å². The van der Waals surface area contributed by atoms with Crippen LogP contribution in [0.4, 0.5) is 27.8 Å². The molecule has 0 bridgehead atoms. The van der Waals surface area contributed by atoms with Gasteiger partial charge in [-0.1, -0.05) is 42.5 Å². The monoisotopic (exact) mass is 486 g/mol. The predicted molar refractivity (Wildman–Crippen MR) is 117 cm³/mol. The van der Waals surface area contributed by atoms with Crippen molar-refractivity contribution >= 4 is 5.82 Å². The summed E-state index contributed by atoms with van der Waals surface area (Å²) in [6.45, 7) is -0.338. The molecule has 1 aliphatic rings. The SMILES string of the molecule is CN1C(c2nc(C(F)(F)F)n(Cc3ccccc3)n2)c2cccnc2N1Cc1c(F)cccc1F. The number of hydrazine groups is 1. The molecule has 0 aliphatic carbocycles. The van der Waals surface area contributed by atoms with Crippen LogP contribution in [-0.2, 0) is 19.3 Å². The van der Waals surface area contributed by atoms with Crippen LogP contribution in [0.15, 0.2) is 66.9 Å². The Morgan fingerprint density at radius 1 is 0.886 bits per heavy atom. The normalized spacial score (nSPS) is 16.1. The maximum absolute atomic E-state index is 14.4. The van der Waals surface area contributed by atoms with Crippen molar-refractivity contribution in [1.82, 2.24) is 24.8 Å². The van der Waals surface area contributed by atoms with Crippen molar-refractivity contribution in [1.29, 1.82) is 0 Å². The molecule has 5 rings (SSSR count). The Bertz CT molecular complexity index is 1330. The molecule has 1 unspecified atom stereocenters. The average molecular weight is 486 g/mol. The number of halogens is 5. The van der Waals surface area contributed by atoms with Crippen LogP contribution in [0.1, 0.15) is 34.4 Å². The van der Waals surface area contributed by atoms with Gasteiger partial charge < -0.3 is 0 Å². The highest BCUT2D eigenvalue weighted by Gasteiger charge is 2.43. The first-order chi connectivity index (χ1) is 16.7. The number of nitrogens with zero attached hydrogens (tertiary/aromatic N) is 6. The standard InChI is InChI=1S/C24H19F5N6/c1-33-20(21-31-23(24(27,28)29)34(32-21)13-15-7-3-2-4-8-15)16-9-6-12-30-22(16)35(33)14-17-18(25)10-5-11-19(17)26/h2-12,20H,13-14H2,1H3. The Hall–Kier alpha value is -3.86. The second kappa shape index (κ2) is 8.73. The zero-order valence-corrected chi connectivity index (χ0v) is 18.4. The van der Waals surface area contributed by atoms with E-state index in [0.717, 1.165) is 16.8 Å². The van der Waals surface area contributed by atoms with Gasteiger partial charge in [0.2, 0.25) is 5.82 Å². The van der Waals surface area contributed by atoms with Gasteiger partial charge in [0.1, 0.15) is 23.5 Å². The molecule has 180 valence electrons. The number of hydrogen-bond acceptors (Lipinski definition) is 5. The Balaban J connectivity index is 1.56. The van der Waals surface area contributed by atoms with E-state index in [-0.39, 0.29) is 24.5 Å². The number of aromatic nitrogens is 4. The van der Waals surface area contributed by atoms with Crippen LogP contribution in [0.3, 0.4) is 0 Å². The van der Waals surface area contributed by atoms with Gasteiger partial charge in [-0.25, -0.2) is 28.4 Å². The lowest BCUT2D eigenvalue weighted by Gasteiger charge is -2.29. The Kier molecular flexibility index (Phi) is 5.72. The molecule has 11 heteroatoms. The number of pyridine rings is 1. The first-order valence-electron chi connectivity index (χ1n) is 10.7. The summed E-state index contributed by atoms with van der Waals surface area (Å²) < 4.78 is 71.1. The van der Waals surface area contributed by atoms with Crippen molar-refractivity contribution < 1.29 is 22.0 Å². The minimum absolute atomic E-state index is 0.0958. The molecule has 0 fully saturated rings. The molecule has 2 aromatic carbocycles. The number of hydrogen-bond donors (Lipinski definition) is 0. The summed E-state index contributed by atoms with van der Waals surface area (Å²) >= 11 is 0. The average Bonchev–Trinajstić information content (AvgIpc) is 3.35. The van der Waals surface area contributed by atoms with E-state index in [1.54, 1.807) is 54.5 Å². The van der Waals surface area contributed by atoms with E-state index in [1.165, 1.54) is 17.3 Å². The van der Waals surface area contributed by atoms with Crippen LogP contribution < -0.4 is 5.01 Å². The van der Waals surface area contributed by atoms with E-state index in [2.05, 4.69) is 15.1 Å². The molecule has 4 aromatic rings. The minimum atomic E-state index is -4.73. The molecule has 0 N–H and O–H groups in total. The Labute approximate surface area is 197 Å². The van der Waals surface area contributed by atoms with Gasteiger partial charge in [-0.2, -0.15) is 18.3 Å². The minimum Gasteiger partial charge on any atom is -0.284 e. The summed E-state index contributed by atoms with van der Waals surface area (Å²) in [6, 6.07) is 14.7. The Morgan fingerprint density at radius 2 is 1.60 bits per heavy atom. The molecule has 1 aliphatic heterocycles. The lowest BCUT2D eigenvalue weighted by molar-refractivity contribution is -0.147. The highest BCUT2D eigenvalue weighted by atomic mass is 19.4. The van der Waals surface area contributed by atoms with E-state index in [4.69, 9.17) is 0 Å². The van der Waals surface area contributed by atoms with E-state index in [1.807, 2.05) is 0 Å². The van der Waals surface area contributed by atoms with Crippen LogP contribution in [0.25, 0.3) is 0 Å². The van der Waals surface area contributed by atoms with Crippen molar-refractivity contribution in [2.75, 3.05) is 12.1 Å². The molecule has 0 saturated heterocycles. The summed E-state index contributed by atoms with van der Waals surface area (Å²) in [5, 5.41) is 7.28. The molecule has 0 radical (unpaired) electrons. The van der Waals surface area contributed by atoms with Gasteiger partial charge >= 0.3 is 6.18 Å². The van der Waals surface area contributed by atoms with Crippen molar-refractivity contribution in [3.05, 3.63) is 107 Å². The molecular formula is C24H19F5N6. The molecule has 6 nitrogen and oxygen atoms in total. The number of fused-ring (bicyclic) bond motifs is 1. The maximum Gasteiger partial charge on any atom is 0.451 e. The van der Waals surface area contributed by atoms with Crippen LogP contribution >= 0.6 is 0 Å². The van der Waals surface area contributed by atoms with Crippen LogP contribution in [0.2, 0.25) is 0 Å². The zero-order valence-electron chi connectivity index (χ0n) is 18.4. The largest absolute Gasteiger partial charge is 0.451 e. The van der Waals surface area contributed by atoms with E-state index in [0.29, 0.717) is 16.9 Å². The second-order valence-electron chi connectivity index (χ2n) is 8.08. The molecule has 0 amide bonds. The van der Waals surface area contributed by atoms with Gasteiger partial charge in [-0.3, -0.25) is 5.01 Å². The smallest absolute Gasteiger partial charge is 0.284 e. The first kappa shape index (κ1) is 22.9. The fraction of sp³-hybridized carbons (Fsp3) is 0.208. The van der Waals surface area contributed by atoms with Crippen molar-refractivity contribution in [2.45, 2.75) is 25.3 Å². The lowest BCUT2D eigenvalue weighted by atomic mass is 10.1. The van der Waals surface area contributed by atoms with Gasteiger partial charge in [0.05, 0.1) is 13.1 Å². The van der Waals surface area contributed by atoms with Crippen LogP contribution in [-0.4, -0.2) is 31.8 Å².